The molecule has 0 spiro atoms. The lowest BCUT2D eigenvalue weighted by Gasteiger charge is -2.39. The number of alkyl halides is 3. The third-order valence-electron chi connectivity index (χ3n) is 5.70. The maximum absolute atomic E-state index is 13.2. The van der Waals surface area contributed by atoms with E-state index in [4.69, 9.17) is 12.2 Å². The van der Waals surface area contributed by atoms with E-state index in [1.807, 2.05) is 29.2 Å². The monoisotopic (exact) mass is 413 g/mol. The number of nitrogens with one attached hydrogen (secondary N) is 4. The molecule has 0 saturated carbocycles. The highest BCUT2D eigenvalue weighted by molar-refractivity contribution is 7.80. The highest BCUT2D eigenvalue weighted by Gasteiger charge is 2.44. The minimum absolute atomic E-state index is 0.0214. The van der Waals surface area contributed by atoms with Crippen molar-refractivity contribution >= 4 is 23.2 Å². The number of fused-ring (bicyclic) bond motifs is 1. The van der Waals surface area contributed by atoms with Gasteiger partial charge in [0.25, 0.3) is 0 Å². The zero-order valence-corrected chi connectivity index (χ0v) is 15.9. The van der Waals surface area contributed by atoms with Crippen molar-refractivity contribution in [1.82, 2.24) is 26.2 Å². The number of rotatable bonds is 3. The average Bonchev–Trinajstić information content (AvgIpc) is 3.15. The summed E-state index contributed by atoms with van der Waals surface area (Å²) in [4.78, 5) is 14.0. The van der Waals surface area contributed by atoms with Crippen LogP contribution < -0.4 is 21.3 Å². The Morgan fingerprint density at radius 3 is 2.75 bits per heavy atom. The van der Waals surface area contributed by atoms with Crippen molar-refractivity contribution in [3.05, 3.63) is 35.4 Å². The van der Waals surface area contributed by atoms with E-state index in [2.05, 4.69) is 21.3 Å². The van der Waals surface area contributed by atoms with Gasteiger partial charge in [-0.2, -0.15) is 13.2 Å². The van der Waals surface area contributed by atoms with Gasteiger partial charge in [-0.3, -0.25) is 15.4 Å². The largest absolute Gasteiger partial charge is 0.391 e. The first-order valence-electron chi connectivity index (χ1n) is 9.30. The van der Waals surface area contributed by atoms with Gasteiger partial charge in [0.1, 0.15) is 12.2 Å². The van der Waals surface area contributed by atoms with Gasteiger partial charge in [-0.15, -0.1) is 0 Å². The third kappa shape index (κ3) is 3.73. The Morgan fingerprint density at radius 1 is 1.18 bits per heavy atom. The number of hydrogen-bond acceptors (Lipinski definition) is 5. The van der Waals surface area contributed by atoms with E-state index in [-0.39, 0.29) is 31.0 Å². The second-order valence-electron chi connectivity index (χ2n) is 7.40. The number of carbonyl (C=O) groups excluding carboxylic acids is 1. The van der Waals surface area contributed by atoms with Gasteiger partial charge in [-0.05, 0) is 42.7 Å². The smallest absolute Gasteiger partial charge is 0.327 e. The summed E-state index contributed by atoms with van der Waals surface area (Å²) in [6.45, 7) is 1.22. The maximum Gasteiger partial charge on any atom is 0.391 e. The fourth-order valence-corrected chi connectivity index (χ4v) is 4.51. The van der Waals surface area contributed by atoms with Crippen molar-refractivity contribution in [3.63, 3.8) is 0 Å². The van der Waals surface area contributed by atoms with Crippen molar-refractivity contribution in [2.75, 3.05) is 13.2 Å². The molecule has 4 rings (SSSR count). The molecule has 0 radical (unpaired) electrons. The Hall–Kier alpha value is -1.75. The molecule has 6 nitrogen and oxygen atoms in total. The van der Waals surface area contributed by atoms with E-state index in [0.717, 1.165) is 11.1 Å². The Balaban J connectivity index is 1.56. The predicted octanol–water partition coefficient (Wildman–Crippen LogP) is 1.35. The Morgan fingerprint density at radius 2 is 1.96 bits per heavy atom. The fraction of sp³-hybridized carbons (Fsp3) is 0.556. The summed E-state index contributed by atoms with van der Waals surface area (Å²) in [5, 5.41) is 12.6. The molecule has 1 aromatic rings. The van der Waals surface area contributed by atoms with Crippen LogP contribution in [0.3, 0.4) is 0 Å². The molecular formula is C18H22F3N5OS. The number of halogens is 3. The molecule has 0 bridgehead atoms. The molecule has 3 aliphatic heterocycles. The van der Waals surface area contributed by atoms with Crippen LogP contribution in [0.5, 0.6) is 0 Å². The zero-order valence-electron chi connectivity index (χ0n) is 15.1. The van der Waals surface area contributed by atoms with Crippen LogP contribution in [0.25, 0.3) is 0 Å². The van der Waals surface area contributed by atoms with Gasteiger partial charge in [0.05, 0.1) is 5.92 Å². The molecular weight excluding hydrogens is 391 g/mol. The van der Waals surface area contributed by atoms with Crippen LogP contribution in [0.2, 0.25) is 0 Å². The van der Waals surface area contributed by atoms with Crippen LogP contribution in [0.4, 0.5) is 13.2 Å². The van der Waals surface area contributed by atoms with Gasteiger partial charge in [-0.25, -0.2) is 0 Å². The molecule has 28 heavy (non-hydrogen) atoms. The van der Waals surface area contributed by atoms with Crippen LogP contribution in [0, 0.1) is 5.92 Å². The lowest BCUT2D eigenvalue weighted by molar-refractivity contribution is -0.183. The van der Waals surface area contributed by atoms with E-state index in [1.54, 1.807) is 0 Å². The normalized spacial score (nSPS) is 30.9. The van der Waals surface area contributed by atoms with Gasteiger partial charge >= 0.3 is 6.18 Å². The number of benzene rings is 1. The Kier molecular flexibility index (Phi) is 5.30. The van der Waals surface area contributed by atoms with Crippen molar-refractivity contribution < 1.29 is 18.0 Å². The van der Waals surface area contributed by atoms with Crippen molar-refractivity contribution in [2.45, 2.75) is 43.8 Å². The zero-order chi connectivity index (χ0) is 19.9. The number of thiocarbonyl (C=S) groups is 1. The molecule has 10 heteroatoms. The maximum atomic E-state index is 13.2. The first-order chi connectivity index (χ1) is 13.3. The minimum Gasteiger partial charge on any atom is -0.327 e. The molecule has 0 aromatic heterocycles. The van der Waals surface area contributed by atoms with Gasteiger partial charge in [0.2, 0.25) is 5.91 Å². The Bertz CT molecular complexity index is 774. The van der Waals surface area contributed by atoms with Crippen molar-refractivity contribution in [2.24, 2.45) is 5.92 Å². The molecule has 3 fully saturated rings. The van der Waals surface area contributed by atoms with Crippen molar-refractivity contribution in [1.29, 1.82) is 0 Å². The van der Waals surface area contributed by atoms with Crippen LogP contribution in [0.1, 0.15) is 30.0 Å². The molecule has 2 unspecified atom stereocenters. The quantitative estimate of drug-likeness (QED) is 0.561. The van der Waals surface area contributed by atoms with E-state index in [9.17, 15) is 18.0 Å². The van der Waals surface area contributed by atoms with Crippen LogP contribution in [0.15, 0.2) is 24.3 Å². The number of piperidine rings is 1. The van der Waals surface area contributed by atoms with Crippen LogP contribution >= 0.6 is 12.2 Å². The summed E-state index contributed by atoms with van der Waals surface area (Å²) in [7, 11) is 0. The lowest BCUT2D eigenvalue weighted by atomic mass is 9.86. The second-order valence-corrected chi connectivity index (χ2v) is 7.78. The molecule has 3 heterocycles. The number of hydrogen-bond donors (Lipinski definition) is 4. The molecule has 4 N–H and O–H groups in total. The van der Waals surface area contributed by atoms with Gasteiger partial charge in [0.15, 0.2) is 5.11 Å². The number of amides is 1. The molecule has 152 valence electrons. The topological polar surface area (TPSA) is 68.4 Å². The van der Waals surface area contributed by atoms with Crippen LogP contribution in [-0.2, 0) is 11.3 Å². The molecule has 3 saturated heterocycles. The Labute approximate surface area is 166 Å². The highest BCUT2D eigenvalue weighted by Crippen LogP contribution is 2.39. The SMILES string of the molecule is O=C1NC(=S)N(Cc2ccccc2[C@H]2C[C@@H](C(F)(F)F)CCN2)C2NCNC12. The van der Waals surface area contributed by atoms with E-state index < -0.39 is 18.1 Å². The second kappa shape index (κ2) is 7.58. The number of carbonyl (C=O) groups is 1. The van der Waals surface area contributed by atoms with Crippen LogP contribution in [-0.4, -0.2) is 47.5 Å². The van der Waals surface area contributed by atoms with Gasteiger partial charge in [0, 0.05) is 19.3 Å². The third-order valence-corrected chi connectivity index (χ3v) is 6.03. The number of nitrogens with zero attached hydrogens (tertiary/aromatic N) is 1. The van der Waals surface area contributed by atoms with Gasteiger partial charge < -0.3 is 15.5 Å². The predicted molar refractivity (Wildman–Crippen MR) is 101 cm³/mol. The average molecular weight is 413 g/mol. The summed E-state index contributed by atoms with van der Waals surface area (Å²) < 4.78 is 39.7. The molecule has 4 atom stereocenters. The lowest BCUT2D eigenvalue weighted by Crippen LogP contribution is -2.65. The summed E-state index contributed by atoms with van der Waals surface area (Å²) in [5.74, 6) is -1.47. The van der Waals surface area contributed by atoms with E-state index >= 15 is 0 Å². The van der Waals surface area contributed by atoms with E-state index in [0.29, 0.717) is 24.9 Å². The minimum atomic E-state index is -4.18. The summed E-state index contributed by atoms with van der Waals surface area (Å²) >= 11 is 5.36. The fourth-order valence-electron chi connectivity index (χ4n) is 4.23. The molecule has 3 aliphatic rings. The summed E-state index contributed by atoms with van der Waals surface area (Å²) in [6, 6.07) is 6.70. The highest BCUT2D eigenvalue weighted by atomic mass is 32.1. The molecule has 1 amide bonds. The first-order valence-corrected chi connectivity index (χ1v) is 9.71. The van der Waals surface area contributed by atoms with E-state index in [1.165, 1.54) is 0 Å². The van der Waals surface area contributed by atoms with Crippen molar-refractivity contribution in [3.8, 4) is 0 Å². The van der Waals surface area contributed by atoms with Gasteiger partial charge in [-0.1, -0.05) is 24.3 Å². The standard InChI is InChI=1S/C18H22F3N5OS/c19-18(20,21)11-5-6-22-13(7-11)12-4-2-1-3-10(12)8-26-15-14(23-9-24-15)16(27)25-17(26)28/h1-4,11,13-15,22-24H,5-9H2,(H,25,27,28)/t11-,13+,14?,15?/m0/s1. The first kappa shape index (κ1) is 19.6. The molecule has 0 aliphatic carbocycles. The summed E-state index contributed by atoms with van der Waals surface area (Å²) in [5.41, 5.74) is 1.74. The molecule has 1 aromatic carbocycles. The summed E-state index contributed by atoms with van der Waals surface area (Å²) in [6.07, 6.45) is -4.34.